The van der Waals surface area contributed by atoms with E-state index in [-0.39, 0.29) is 0 Å². The minimum absolute atomic E-state index is 0.631. The van der Waals surface area contributed by atoms with Gasteiger partial charge in [0, 0.05) is 5.33 Å². The number of nitrogens with zero attached hydrogens (tertiary/aromatic N) is 4. The van der Waals surface area contributed by atoms with Crippen LogP contribution in [0.1, 0.15) is 17.0 Å². The Morgan fingerprint density at radius 2 is 1.53 bits per heavy atom. The van der Waals surface area contributed by atoms with Crippen LogP contribution in [-0.4, -0.2) is 0 Å². The highest BCUT2D eigenvalue weighted by molar-refractivity contribution is 9.08. The summed E-state index contributed by atoms with van der Waals surface area (Å²) in [6.45, 7) is 0. The van der Waals surface area contributed by atoms with Crippen LogP contribution in [0.4, 0.5) is 0 Å². The molecule has 0 atom stereocenters. The van der Waals surface area contributed by atoms with Gasteiger partial charge in [-0.3, -0.25) is 0 Å². The normalized spacial score (nSPS) is 18.4. The Hall–Kier alpha value is -2.34. The van der Waals surface area contributed by atoms with Gasteiger partial charge in [0.05, 0.1) is 30.2 Å². The summed E-state index contributed by atoms with van der Waals surface area (Å²) in [6, 6.07) is 14.7. The zero-order valence-electron chi connectivity index (χ0n) is 9.76. The second-order valence-corrected chi connectivity index (χ2v) is 4.94. The average Bonchev–Trinajstić information content (AvgIpc) is 3.10. The van der Waals surface area contributed by atoms with Gasteiger partial charge in [-0.1, -0.05) is 40.2 Å². The second kappa shape index (κ2) is 4.40. The first-order valence-corrected chi connectivity index (χ1v) is 6.57. The zero-order chi connectivity index (χ0) is 14.1. The van der Waals surface area contributed by atoms with Crippen LogP contribution in [0.2, 0.25) is 0 Å². The molecule has 19 heavy (non-hydrogen) atoms. The summed E-state index contributed by atoms with van der Waals surface area (Å²) >= 11 is 3.33. The van der Waals surface area contributed by atoms with Gasteiger partial charge in [-0.15, -0.1) is 0 Å². The summed E-state index contributed by atoms with van der Waals surface area (Å²) in [4.78, 5) is 0. The van der Waals surface area contributed by atoms with E-state index in [4.69, 9.17) is 0 Å². The minimum Gasteiger partial charge on any atom is -0.196 e. The Balaban J connectivity index is 2.59. The molecule has 90 valence electrons. The molecule has 1 aliphatic rings. The molecule has 0 bridgehead atoms. The molecule has 1 aliphatic carbocycles. The first kappa shape index (κ1) is 13.1. The summed E-state index contributed by atoms with van der Waals surface area (Å²) < 4.78 is 0. The zero-order valence-corrected chi connectivity index (χ0v) is 11.3. The van der Waals surface area contributed by atoms with E-state index >= 15 is 0 Å². The summed E-state index contributed by atoms with van der Waals surface area (Å²) in [6.07, 6.45) is 0. The summed E-state index contributed by atoms with van der Waals surface area (Å²) in [7, 11) is 0. The van der Waals surface area contributed by atoms with Crippen molar-refractivity contribution in [3.63, 3.8) is 0 Å². The van der Waals surface area contributed by atoms with Crippen molar-refractivity contribution in [3.05, 3.63) is 35.4 Å². The van der Waals surface area contributed by atoms with E-state index in [1.165, 1.54) is 0 Å². The van der Waals surface area contributed by atoms with E-state index in [1.807, 2.05) is 36.4 Å². The molecule has 0 heterocycles. The van der Waals surface area contributed by atoms with Gasteiger partial charge in [0.15, 0.2) is 10.8 Å². The largest absolute Gasteiger partial charge is 0.196 e. The van der Waals surface area contributed by atoms with Gasteiger partial charge in [0.1, 0.15) is 0 Å². The van der Waals surface area contributed by atoms with E-state index in [2.05, 4.69) is 15.9 Å². The molecular formula is C14H7BrN4. The number of hydrogen-bond donors (Lipinski definition) is 0. The fourth-order valence-corrected chi connectivity index (χ4v) is 2.84. The average molecular weight is 311 g/mol. The molecule has 1 aromatic rings. The lowest BCUT2D eigenvalue weighted by molar-refractivity contribution is 0.727. The first-order chi connectivity index (χ1) is 9.15. The molecule has 0 saturated heterocycles. The summed E-state index contributed by atoms with van der Waals surface area (Å²) in [5.74, 6) is -0.677. The van der Waals surface area contributed by atoms with Crippen LogP contribution in [0.25, 0.3) is 0 Å². The highest BCUT2D eigenvalue weighted by Crippen LogP contribution is 2.73. The molecule has 5 heteroatoms. The molecule has 1 fully saturated rings. The number of rotatable bonds is 2. The molecular weight excluding hydrogens is 304 g/mol. The van der Waals surface area contributed by atoms with E-state index in [0.29, 0.717) is 10.9 Å². The lowest BCUT2D eigenvalue weighted by Gasteiger charge is -2.02. The molecule has 0 amide bonds. The van der Waals surface area contributed by atoms with Crippen LogP contribution in [0.5, 0.6) is 0 Å². The maximum Gasteiger partial charge on any atom is 0.185 e. The molecule has 0 radical (unpaired) electrons. The van der Waals surface area contributed by atoms with Crippen LogP contribution in [0, 0.1) is 56.2 Å². The summed E-state index contributed by atoms with van der Waals surface area (Å²) in [5, 5.41) is 37.5. The Kier molecular flexibility index (Phi) is 3.03. The molecule has 0 aliphatic heterocycles. The van der Waals surface area contributed by atoms with E-state index in [0.717, 1.165) is 5.56 Å². The number of benzene rings is 1. The van der Waals surface area contributed by atoms with Gasteiger partial charge in [-0.05, 0) is 11.1 Å². The monoisotopic (exact) mass is 310 g/mol. The molecule has 0 N–H and O–H groups in total. The van der Waals surface area contributed by atoms with Crippen molar-refractivity contribution in [2.24, 2.45) is 10.8 Å². The maximum atomic E-state index is 9.23. The lowest BCUT2D eigenvalue weighted by atomic mass is 9.98. The number of halogens is 1. The Morgan fingerprint density at radius 1 is 1.00 bits per heavy atom. The van der Waals surface area contributed by atoms with Gasteiger partial charge in [-0.2, -0.15) is 21.0 Å². The fraction of sp³-hybridized carbons (Fsp3) is 0.286. The van der Waals surface area contributed by atoms with Crippen molar-refractivity contribution < 1.29 is 0 Å². The lowest BCUT2D eigenvalue weighted by Crippen LogP contribution is -2.05. The highest BCUT2D eigenvalue weighted by Gasteiger charge is 2.81. The maximum absolute atomic E-state index is 9.23. The quantitative estimate of drug-likeness (QED) is 0.784. The van der Waals surface area contributed by atoms with Gasteiger partial charge in [0.2, 0.25) is 0 Å². The van der Waals surface area contributed by atoms with Crippen LogP contribution >= 0.6 is 15.9 Å². The van der Waals surface area contributed by atoms with Gasteiger partial charge in [0.25, 0.3) is 0 Å². The second-order valence-electron chi connectivity index (χ2n) is 4.37. The van der Waals surface area contributed by atoms with Crippen LogP contribution in [0.15, 0.2) is 24.3 Å². The molecule has 0 unspecified atom stereocenters. The third-order valence-corrected chi connectivity index (χ3v) is 4.20. The van der Waals surface area contributed by atoms with Crippen molar-refractivity contribution in [3.8, 4) is 24.3 Å². The fourth-order valence-electron chi connectivity index (χ4n) is 2.49. The first-order valence-electron chi connectivity index (χ1n) is 5.45. The predicted octanol–water partition coefficient (Wildman–Crippen LogP) is 2.75. The molecule has 0 spiro atoms. The van der Waals surface area contributed by atoms with E-state index in [1.54, 1.807) is 12.1 Å². The van der Waals surface area contributed by atoms with Gasteiger partial charge in [-0.25, -0.2) is 0 Å². The number of alkyl halides is 1. The van der Waals surface area contributed by atoms with Crippen molar-refractivity contribution >= 4 is 15.9 Å². The van der Waals surface area contributed by atoms with Crippen molar-refractivity contribution in [1.82, 2.24) is 0 Å². The predicted molar refractivity (Wildman–Crippen MR) is 69.1 cm³/mol. The van der Waals surface area contributed by atoms with Crippen LogP contribution < -0.4 is 0 Å². The van der Waals surface area contributed by atoms with Crippen LogP contribution in [0.3, 0.4) is 0 Å². The Bertz CT molecular complexity index is 630. The topological polar surface area (TPSA) is 95.2 Å². The van der Waals surface area contributed by atoms with Crippen molar-refractivity contribution in [2.45, 2.75) is 11.2 Å². The molecule has 4 nitrogen and oxygen atoms in total. The van der Waals surface area contributed by atoms with E-state index in [9.17, 15) is 21.0 Å². The molecule has 0 aromatic heterocycles. The molecule has 1 aromatic carbocycles. The Morgan fingerprint density at radius 3 is 1.95 bits per heavy atom. The van der Waals surface area contributed by atoms with Crippen LogP contribution in [-0.2, 0) is 5.33 Å². The third kappa shape index (κ3) is 1.47. The molecule has 2 rings (SSSR count). The molecule has 1 saturated carbocycles. The smallest absolute Gasteiger partial charge is 0.185 e. The summed E-state index contributed by atoms with van der Waals surface area (Å²) in [5.41, 5.74) is -1.48. The SMILES string of the molecule is N#CC1(C#N)C(c2cccc(CBr)c2)C1(C#N)C#N. The van der Waals surface area contributed by atoms with Gasteiger partial charge >= 0.3 is 0 Å². The van der Waals surface area contributed by atoms with Crippen molar-refractivity contribution in [2.75, 3.05) is 0 Å². The minimum atomic E-state index is -1.57. The number of nitriles is 4. The number of hydrogen-bond acceptors (Lipinski definition) is 4. The van der Waals surface area contributed by atoms with E-state index < -0.39 is 16.7 Å². The van der Waals surface area contributed by atoms with Crippen molar-refractivity contribution in [1.29, 1.82) is 21.0 Å². The highest BCUT2D eigenvalue weighted by atomic mass is 79.9. The van der Waals surface area contributed by atoms with Gasteiger partial charge < -0.3 is 0 Å². The standard InChI is InChI=1S/C14H7BrN4/c15-5-10-2-1-3-11(4-10)12-13(6-16,7-17)14(12,8-18)9-19/h1-4,12H,5H2. The third-order valence-electron chi connectivity index (χ3n) is 3.55. The Labute approximate surface area is 119 Å².